The summed E-state index contributed by atoms with van der Waals surface area (Å²) in [6.45, 7) is 2.51. The average Bonchev–Trinajstić information content (AvgIpc) is 2.38. The molecule has 1 aromatic carbocycles. The third-order valence-corrected chi connectivity index (χ3v) is 2.99. The van der Waals surface area contributed by atoms with Crippen molar-refractivity contribution >= 4 is 5.91 Å². The molecule has 2 nitrogen and oxygen atoms in total. The van der Waals surface area contributed by atoms with Crippen LogP contribution in [0.3, 0.4) is 0 Å². The first kappa shape index (κ1) is 11.6. The molecule has 0 aromatic heterocycles. The highest BCUT2D eigenvalue weighted by atomic mass is 16.2. The van der Waals surface area contributed by atoms with Crippen molar-refractivity contribution in [2.75, 3.05) is 0 Å². The standard InChI is InChI=1S/C15H17NO/c1-15(10-6-3-7-11-15)14(17)16-12-13-8-4-2-5-9-13/h2,4-11H,3,12H2,1H3,(H,16,17). The lowest BCUT2D eigenvalue weighted by molar-refractivity contribution is -0.126. The molecule has 2 rings (SSSR count). The first-order valence-electron chi connectivity index (χ1n) is 5.88. The van der Waals surface area contributed by atoms with Gasteiger partial charge in [0, 0.05) is 6.54 Å². The molecule has 0 atom stereocenters. The van der Waals surface area contributed by atoms with Gasteiger partial charge < -0.3 is 5.32 Å². The molecule has 0 aliphatic heterocycles. The number of hydrogen-bond acceptors (Lipinski definition) is 1. The molecule has 1 amide bonds. The topological polar surface area (TPSA) is 29.1 Å². The number of carbonyl (C=O) groups is 1. The summed E-state index contributed by atoms with van der Waals surface area (Å²) in [6, 6.07) is 9.94. The maximum Gasteiger partial charge on any atom is 0.233 e. The molecule has 0 saturated carbocycles. The molecular weight excluding hydrogens is 210 g/mol. The van der Waals surface area contributed by atoms with Crippen molar-refractivity contribution in [1.82, 2.24) is 5.32 Å². The second kappa shape index (κ2) is 5.00. The van der Waals surface area contributed by atoms with E-state index in [1.807, 2.05) is 61.6 Å². The highest BCUT2D eigenvalue weighted by molar-refractivity contribution is 5.86. The van der Waals surface area contributed by atoms with Crippen LogP contribution in [0.4, 0.5) is 0 Å². The zero-order valence-electron chi connectivity index (χ0n) is 10.0. The molecule has 1 aromatic rings. The number of hydrogen-bond donors (Lipinski definition) is 1. The normalized spacial score (nSPS) is 16.8. The van der Waals surface area contributed by atoms with Crippen molar-refractivity contribution in [3.63, 3.8) is 0 Å². The second-order valence-electron chi connectivity index (χ2n) is 4.49. The van der Waals surface area contributed by atoms with E-state index in [2.05, 4.69) is 5.32 Å². The van der Waals surface area contributed by atoms with E-state index in [9.17, 15) is 4.79 Å². The molecular formula is C15H17NO. The van der Waals surface area contributed by atoms with Gasteiger partial charge in [-0.1, -0.05) is 54.6 Å². The van der Waals surface area contributed by atoms with Gasteiger partial charge in [-0.25, -0.2) is 0 Å². The molecule has 1 aliphatic rings. The quantitative estimate of drug-likeness (QED) is 0.790. The van der Waals surface area contributed by atoms with Crippen LogP contribution < -0.4 is 5.32 Å². The third kappa shape index (κ3) is 2.84. The van der Waals surface area contributed by atoms with Gasteiger partial charge in [0.15, 0.2) is 0 Å². The number of amides is 1. The van der Waals surface area contributed by atoms with Crippen molar-refractivity contribution < 1.29 is 4.79 Å². The van der Waals surface area contributed by atoms with E-state index < -0.39 is 5.41 Å². The van der Waals surface area contributed by atoms with E-state index >= 15 is 0 Å². The van der Waals surface area contributed by atoms with Gasteiger partial charge >= 0.3 is 0 Å². The third-order valence-electron chi connectivity index (χ3n) is 2.99. The lowest BCUT2D eigenvalue weighted by Crippen LogP contribution is -2.36. The summed E-state index contributed by atoms with van der Waals surface area (Å²) in [5.41, 5.74) is 0.626. The molecule has 0 radical (unpaired) electrons. The predicted molar refractivity (Wildman–Crippen MR) is 69.3 cm³/mol. The van der Waals surface area contributed by atoms with E-state index in [4.69, 9.17) is 0 Å². The fraction of sp³-hybridized carbons (Fsp3) is 0.267. The number of nitrogens with one attached hydrogen (secondary N) is 1. The van der Waals surface area contributed by atoms with Gasteiger partial charge in [-0.15, -0.1) is 0 Å². The minimum absolute atomic E-state index is 0.0496. The van der Waals surface area contributed by atoms with Crippen LogP contribution in [0.25, 0.3) is 0 Å². The fourth-order valence-electron chi connectivity index (χ4n) is 1.88. The molecule has 88 valence electrons. The Labute approximate surface area is 102 Å². The fourth-order valence-corrected chi connectivity index (χ4v) is 1.88. The maximum absolute atomic E-state index is 12.1. The number of benzene rings is 1. The first-order chi connectivity index (χ1) is 8.21. The van der Waals surface area contributed by atoms with E-state index in [1.165, 1.54) is 0 Å². The van der Waals surface area contributed by atoms with E-state index in [-0.39, 0.29) is 5.91 Å². The number of carbonyl (C=O) groups excluding carboxylic acids is 1. The first-order valence-corrected chi connectivity index (χ1v) is 5.88. The van der Waals surface area contributed by atoms with E-state index in [1.54, 1.807) is 0 Å². The van der Waals surface area contributed by atoms with Crippen LogP contribution >= 0.6 is 0 Å². The molecule has 17 heavy (non-hydrogen) atoms. The molecule has 0 fully saturated rings. The van der Waals surface area contributed by atoms with E-state index in [0.29, 0.717) is 6.54 Å². The number of allylic oxidation sites excluding steroid dienone is 2. The Bertz CT molecular complexity index is 433. The molecule has 0 heterocycles. The Hall–Kier alpha value is -1.83. The van der Waals surface area contributed by atoms with Crippen molar-refractivity contribution in [3.05, 3.63) is 60.2 Å². The highest BCUT2D eigenvalue weighted by Gasteiger charge is 2.27. The molecule has 0 bridgehead atoms. The van der Waals surface area contributed by atoms with Crippen LogP contribution in [-0.4, -0.2) is 5.91 Å². The summed E-state index contributed by atoms with van der Waals surface area (Å²) in [5.74, 6) is 0.0496. The smallest absolute Gasteiger partial charge is 0.233 e. The number of rotatable bonds is 3. The lowest BCUT2D eigenvalue weighted by atomic mass is 9.85. The van der Waals surface area contributed by atoms with Crippen molar-refractivity contribution in [1.29, 1.82) is 0 Å². The van der Waals surface area contributed by atoms with Crippen molar-refractivity contribution in [2.45, 2.75) is 19.9 Å². The van der Waals surface area contributed by atoms with Gasteiger partial charge in [0.05, 0.1) is 5.41 Å². The zero-order valence-corrected chi connectivity index (χ0v) is 10.0. The molecule has 1 aliphatic carbocycles. The van der Waals surface area contributed by atoms with Gasteiger partial charge in [-0.05, 0) is 18.9 Å². The zero-order chi connectivity index (χ0) is 12.1. The van der Waals surface area contributed by atoms with Crippen LogP contribution in [0.2, 0.25) is 0 Å². The highest BCUT2D eigenvalue weighted by Crippen LogP contribution is 2.24. The lowest BCUT2D eigenvalue weighted by Gasteiger charge is -2.23. The van der Waals surface area contributed by atoms with Crippen molar-refractivity contribution in [2.24, 2.45) is 5.41 Å². The molecule has 0 saturated heterocycles. The van der Waals surface area contributed by atoms with Crippen LogP contribution in [0.15, 0.2) is 54.6 Å². The van der Waals surface area contributed by atoms with Gasteiger partial charge in [0.25, 0.3) is 0 Å². The summed E-state index contributed by atoms with van der Waals surface area (Å²) in [4.78, 5) is 12.1. The van der Waals surface area contributed by atoms with E-state index in [0.717, 1.165) is 12.0 Å². The Morgan fingerprint density at radius 1 is 1.24 bits per heavy atom. The Morgan fingerprint density at radius 2 is 1.88 bits per heavy atom. The second-order valence-corrected chi connectivity index (χ2v) is 4.49. The van der Waals surface area contributed by atoms with Crippen LogP contribution in [0.5, 0.6) is 0 Å². The van der Waals surface area contributed by atoms with Gasteiger partial charge in [-0.3, -0.25) is 4.79 Å². The van der Waals surface area contributed by atoms with Gasteiger partial charge in [0.2, 0.25) is 5.91 Å². The Morgan fingerprint density at radius 3 is 2.53 bits per heavy atom. The van der Waals surface area contributed by atoms with Crippen LogP contribution in [0, 0.1) is 5.41 Å². The SMILES string of the molecule is CC1(C(=O)NCc2ccccc2)C=CCC=C1. The Kier molecular flexibility index (Phi) is 3.43. The van der Waals surface area contributed by atoms with Crippen LogP contribution in [-0.2, 0) is 11.3 Å². The minimum Gasteiger partial charge on any atom is -0.351 e. The van der Waals surface area contributed by atoms with Gasteiger partial charge in [-0.2, -0.15) is 0 Å². The summed E-state index contributed by atoms with van der Waals surface area (Å²) >= 11 is 0. The summed E-state index contributed by atoms with van der Waals surface area (Å²) < 4.78 is 0. The minimum atomic E-state index is -0.493. The average molecular weight is 227 g/mol. The summed E-state index contributed by atoms with van der Waals surface area (Å²) in [7, 11) is 0. The Balaban J connectivity index is 1.96. The maximum atomic E-state index is 12.1. The predicted octanol–water partition coefficient (Wildman–Crippen LogP) is 2.83. The molecule has 0 unspecified atom stereocenters. The molecule has 1 N–H and O–H groups in total. The van der Waals surface area contributed by atoms with Crippen molar-refractivity contribution in [3.8, 4) is 0 Å². The molecule has 2 heteroatoms. The van der Waals surface area contributed by atoms with Crippen LogP contribution in [0.1, 0.15) is 18.9 Å². The summed E-state index contributed by atoms with van der Waals surface area (Å²) in [5, 5.41) is 2.97. The monoisotopic (exact) mass is 227 g/mol. The van der Waals surface area contributed by atoms with Gasteiger partial charge in [0.1, 0.15) is 0 Å². The molecule has 0 spiro atoms. The largest absolute Gasteiger partial charge is 0.351 e. The summed E-state index contributed by atoms with van der Waals surface area (Å²) in [6.07, 6.45) is 8.91.